The summed E-state index contributed by atoms with van der Waals surface area (Å²) in [6.07, 6.45) is 0. The van der Waals surface area contributed by atoms with E-state index in [2.05, 4.69) is 4.72 Å². The molecule has 0 aliphatic rings. The number of sulfonamides is 1. The van der Waals surface area contributed by atoms with Gasteiger partial charge in [0, 0.05) is 12.1 Å². The summed E-state index contributed by atoms with van der Waals surface area (Å²) >= 11 is 0. The quantitative estimate of drug-likeness (QED) is 0.827. The van der Waals surface area contributed by atoms with Crippen molar-refractivity contribution in [3.8, 4) is 0 Å². The molecule has 0 aliphatic carbocycles. The van der Waals surface area contributed by atoms with Gasteiger partial charge in [-0.25, -0.2) is 13.1 Å². The van der Waals surface area contributed by atoms with E-state index in [-0.39, 0.29) is 12.1 Å². The number of benzene rings is 1. The van der Waals surface area contributed by atoms with Gasteiger partial charge in [0.25, 0.3) is 0 Å². The van der Waals surface area contributed by atoms with Gasteiger partial charge in [-0.05, 0) is 32.4 Å². The molecule has 2 unspecified atom stereocenters. The Bertz CT molecular complexity index is 455. The van der Waals surface area contributed by atoms with Gasteiger partial charge >= 0.3 is 0 Å². The van der Waals surface area contributed by atoms with Crippen molar-refractivity contribution in [1.29, 1.82) is 0 Å². The highest BCUT2D eigenvalue weighted by molar-refractivity contribution is 7.89. The summed E-state index contributed by atoms with van der Waals surface area (Å²) in [5.74, 6) is 0. The zero-order chi connectivity index (χ0) is 12.3. The Morgan fingerprint density at radius 3 is 2.31 bits per heavy atom. The molecule has 0 aromatic heterocycles. The lowest BCUT2D eigenvalue weighted by atomic mass is 10.2. The minimum absolute atomic E-state index is 0.223. The average molecular weight is 242 g/mol. The highest BCUT2D eigenvalue weighted by atomic mass is 32.2. The fraction of sp³-hybridized carbons (Fsp3) is 0.455. The molecule has 90 valence electrons. The van der Waals surface area contributed by atoms with E-state index in [0.717, 1.165) is 5.56 Å². The molecule has 1 aromatic carbocycles. The summed E-state index contributed by atoms with van der Waals surface area (Å²) < 4.78 is 26.6. The smallest absolute Gasteiger partial charge is 0.241 e. The topological polar surface area (TPSA) is 72.2 Å². The number of nitrogens with one attached hydrogen (secondary N) is 1. The maximum absolute atomic E-state index is 12.0. The fourth-order valence-electron chi connectivity index (χ4n) is 1.27. The van der Waals surface area contributed by atoms with Gasteiger partial charge in [-0.15, -0.1) is 0 Å². The van der Waals surface area contributed by atoms with E-state index in [0.29, 0.717) is 4.90 Å². The molecule has 5 heteroatoms. The molecule has 1 aromatic rings. The van der Waals surface area contributed by atoms with Crippen LogP contribution in [-0.4, -0.2) is 20.5 Å². The molecule has 0 saturated heterocycles. The fourth-order valence-corrected chi connectivity index (χ4v) is 2.85. The molecule has 4 nitrogen and oxygen atoms in total. The summed E-state index contributed by atoms with van der Waals surface area (Å²) in [6.45, 7) is 5.29. The van der Waals surface area contributed by atoms with Gasteiger partial charge in [0.2, 0.25) is 10.0 Å². The summed E-state index contributed by atoms with van der Waals surface area (Å²) in [4.78, 5) is 0.308. The van der Waals surface area contributed by atoms with Gasteiger partial charge in [-0.3, -0.25) is 0 Å². The maximum Gasteiger partial charge on any atom is 0.241 e. The molecule has 3 N–H and O–H groups in total. The number of nitrogens with two attached hydrogens (primary N) is 1. The molecule has 1 rings (SSSR count). The van der Waals surface area contributed by atoms with E-state index >= 15 is 0 Å². The molecule has 0 saturated carbocycles. The van der Waals surface area contributed by atoms with Crippen molar-refractivity contribution in [3.05, 3.63) is 29.8 Å². The lowest BCUT2D eigenvalue weighted by molar-refractivity contribution is 0.523. The first kappa shape index (κ1) is 13.2. The van der Waals surface area contributed by atoms with Gasteiger partial charge in [-0.2, -0.15) is 0 Å². The Hall–Kier alpha value is -0.910. The van der Waals surface area contributed by atoms with Crippen LogP contribution in [0.25, 0.3) is 0 Å². The first-order valence-corrected chi connectivity index (χ1v) is 6.66. The van der Waals surface area contributed by atoms with E-state index in [1.807, 2.05) is 6.07 Å². The highest BCUT2D eigenvalue weighted by Gasteiger charge is 2.20. The predicted molar refractivity (Wildman–Crippen MR) is 64.6 cm³/mol. The lowest BCUT2D eigenvalue weighted by Crippen LogP contribution is -2.43. The van der Waals surface area contributed by atoms with Crippen molar-refractivity contribution in [2.45, 2.75) is 37.8 Å². The molecule has 16 heavy (non-hydrogen) atoms. The molecule has 0 fully saturated rings. The van der Waals surface area contributed by atoms with Crippen LogP contribution in [-0.2, 0) is 10.0 Å². The van der Waals surface area contributed by atoms with E-state index in [1.165, 1.54) is 0 Å². The number of hydrogen-bond donors (Lipinski definition) is 2. The molecular weight excluding hydrogens is 224 g/mol. The monoisotopic (exact) mass is 242 g/mol. The zero-order valence-electron chi connectivity index (χ0n) is 9.77. The molecule has 0 aliphatic heterocycles. The molecule has 0 bridgehead atoms. The molecule has 0 spiro atoms. The van der Waals surface area contributed by atoms with Crippen molar-refractivity contribution >= 4 is 10.0 Å². The van der Waals surface area contributed by atoms with Gasteiger partial charge < -0.3 is 5.73 Å². The van der Waals surface area contributed by atoms with Crippen molar-refractivity contribution in [3.63, 3.8) is 0 Å². The Balaban J connectivity index is 3.00. The largest absolute Gasteiger partial charge is 0.327 e. The second-order valence-corrected chi connectivity index (χ2v) is 5.72. The van der Waals surface area contributed by atoms with Crippen molar-refractivity contribution in [2.75, 3.05) is 0 Å². The molecular formula is C11H18N2O2S. The van der Waals surface area contributed by atoms with Crippen LogP contribution in [0.3, 0.4) is 0 Å². The van der Waals surface area contributed by atoms with E-state index in [1.54, 1.807) is 39.0 Å². The number of aryl methyl sites for hydroxylation is 1. The zero-order valence-corrected chi connectivity index (χ0v) is 10.6. The van der Waals surface area contributed by atoms with Crippen LogP contribution < -0.4 is 10.5 Å². The molecule has 0 radical (unpaired) electrons. The summed E-state index contributed by atoms with van der Waals surface area (Å²) in [6, 6.07) is 6.36. The van der Waals surface area contributed by atoms with Crippen LogP contribution >= 0.6 is 0 Å². The summed E-state index contributed by atoms with van der Waals surface area (Å²) in [5.41, 5.74) is 6.36. The molecule has 0 heterocycles. The van der Waals surface area contributed by atoms with Crippen LogP contribution in [0.2, 0.25) is 0 Å². The van der Waals surface area contributed by atoms with Crippen LogP contribution in [0, 0.1) is 6.92 Å². The SMILES string of the molecule is Cc1ccccc1S(=O)(=O)NC(C)C(C)N. The minimum atomic E-state index is -3.47. The highest BCUT2D eigenvalue weighted by Crippen LogP contribution is 2.14. The first-order valence-electron chi connectivity index (χ1n) is 5.18. The van der Waals surface area contributed by atoms with Crippen LogP contribution in [0.15, 0.2) is 29.2 Å². The second-order valence-electron chi connectivity index (χ2n) is 4.03. The van der Waals surface area contributed by atoms with E-state index in [4.69, 9.17) is 5.73 Å². The third-order valence-corrected chi connectivity index (χ3v) is 4.23. The standard InChI is InChI=1S/C11H18N2O2S/c1-8-6-4-5-7-11(8)16(14,15)13-10(3)9(2)12/h4-7,9-10,13H,12H2,1-3H3. The van der Waals surface area contributed by atoms with Crippen LogP contribution in [0.1, 0.15) is 19.4 Å². The van der Waals surface area contributed by atoms with Crippen molar-refractivity contribution < 1.29 is 8.42 Å². The molecule has 0 amide bonds. The van der Waals surface area contributed by atoms with Gasteiger partial charge in [0.15, 0.2) is 0 Å². The van der Waals surface area contributed by atoms with E-state index < -0.39 is 10.0 Å². The lowest BCUT2D eigenvalue weighted by Gasteiger charge is -2.18. The van der Waals surface area contributed by atoms with Crippen molar-refractivity contribution in [2.24, 2.45) is 5.73 Å². The van der Waals surface area contributed by atoms with Crippen LogP contribution in [0.5, 0.6) is 0 Å². The normalized spacial score (nSPS) is 15.8. The molecule has 2 atom stereocenters. The third kappa shape index (κ3) is 3.04. The van der Waals surface area contributed by atoms with Gasteiger partial charge in [0.05, 0.1) is 4.90 Å². The van der Waals surface area contributed by atoms with E-state index in [9.17, 15) is 8.42 Å². The Kier molecular flexibility index (Phi) is 4.07. The van der Waals surface area contributed by atoms with Crippen LogP contribution in [0.4, 0.5) is 0 Å². The minimum Gasteiger partial charge on any atom is -0.327 e. The first-order chi connectivity index (χ1) is 7.34. The summed E-state index contributed by atoms with van der Waals surface area (Å²) in [5, 5.41) is 0. The maximum atomic E-state index is 12.0. The van der Waals surface area contributed by atoms with Gasteiger partial charge in [0.1, 0.15) is 0 Å². The third-order valence-electron chi connectivity index (χ3n) is 2.51. The van der Waals surface area contributed by atoms with Gasteiger partial charge in [-0.1, -0.05) is 18.2 Å². The second kappa shape index (κ2) is 4.95. The number of hydrogen-bond acceptors (Lipinski definition) is 3. The van der Waals surface area contributed by atoms with Crippen molar-refractivity contribution in [1.82, 2.24) is 4.72 Å². The Morgan fingerprint density at radius 1 is 1.25 bits per heavy atom. The Morgan fingerprint density at radius 2 is 1.81 bits per heavy atom. The Labute approximate surface area is 96.9 Å². The predicted octanol–water partition coefficient (Wildman–Crippen LogP) is 1.01. The number of rotatable bonds is 4. The summed E-state index contributed by atoms with van der Waals surface area (Å²) in [7, 11) is -3.47. The average Bonchev–Trinajstić information content (AvgIpc) is 2.17.